The maximum atomic E-state index is 9.92. The SMILES string of the molecule is CN(C)CCCNC(=O)O.Cl. The topological polar surface area (TPSA) is 52.6 Å². The van der Waals surface area contributed by atoms with E-state index in [9.17, 15) is 4.79 Å². The minimum absolute atomic E-state index is 0. The van der Waals surface area contributed by atoms with Gasteiger partial charge in [0.2, 0.25) is 0 Å². The van der Waals surface area contributed by atoms with E-state index in [1.54, 1.807) is 0 Å². The monoisotopic (exact) mass is 182 g/mol. The summed E-state index contributed by atoms with van der Waals surface area (Å²) in [6, 6.07) is 0. The van der Waals surface area contributed by atoms with Crippen molar-refractivity contribution in [1.82, 2.24) is 10.2 Å². The van der Waals surface area contributed by atoms with Crippen molar-refractivity contribution in [3.05, 3.63) is 0 Å². The highest BCUT2D eigenvalue weighted by atomic mass is 35.5. The van der Waals surface area contributed by atoms with Gasteiger partial charge in [0.25, 0.3) is 0 Å². The van der Waals surface area contributed by atoms with Crippen molar-refractivity contribution in [3.8, 4) is 0 Å². The molecule has 0 saturated carbocycles. The zero-order valence-corrected chi connectivity index (χ0v) is 7.65. The van der Waals surface area contributed by atoms with Gasteiger partial charge in [0.15, 0.2) is 0 Å². The van der Waals surface area contributed by atoms with Gasteiger partial charge in [0, 0.05) is 6.54 Å². The molecule has 0 aliphatic heterocycles. The van der Waals surface area contributed by atoms with Crippen LogP contribution in [0.3, 0.4) is 0 Å². The lowest BCUT2D eigenvalue weighted by Crippen LogP contribution is -2.25. The van der Waals surface area contributed by atoms with Gasteiger partial charge in [-0.3, -0.25) is 0 Å². The van der Waals surface area contributed by atoms with Gasteiger partial charge in [-0.15, -0.1) is 12.4 Å². The summed E-state index contributed by atoms with van der Waals surface area (Å²) in [5.74, 6) is 0. The number of halogens is 1. The van der Waals surface area contributed by atoms with Crippen molar-refractivity contribution in [3.63, 3.8) is 0 Å². The molecule has 0 unspecified atom stereocenters. The predicted octanol–water partition coefficient (Wildman–Crippen LogP) is 0.628. The summed E-state index contributed by atoms with van der Waals surface area (Å²) in [4.78, 5) is 11.9. The van der Waals surface area contributed by atoms with Gasteiger partial charge < -0.3 is 15.3 Å². The molecule has 0 aromatic heterocycles. The molecule has 4 nitrogen and oxygen atoms in total. The molecule has 0 aromatic rings. The second-order valence-corrected chi connectivity index (χ2v) is 2.39. The summed E-state index contributed by atoms with van der Waals surface area (Å²) in [6.45, 7) is 1.45. The Labute approximate surface area is 73.0 Å². The summed E-state index contributed by atoms with van der Waals surface area (Å²) in [6.07, 6.45) is -0.0852. The van der Waals surface area contributed by atoms with E-state index in [1.165, 1.54) is 0 Å². The third kappa shape index (κ3) is 12.7. The molecular formula is C6H15ClN2O2. The second-order valence-electron chi connectivity index (χ2n) is 2.39. The molecule has 5 heteroatoms. The molecule has 0 radical (unpaired) electrons. The molecule has 68 valence electrons. The lowest BCUT2D eigenvalue weighted by Gasteiger charge is -2.07. The molecule has 0 aliphatic rings. The Kier molecular flexibility index (Phi) is 9.10. The van der Waals surface area contributed by atoms with Gasteiger partial charge in [-0.05, 0) is 27.1 Å². The van der Waals surface area contributed by atoms with Crippen molar-refractivity contribution >= 4 is 18.5 Å². The Hall–Kier alpha value is -0.480. The van der Waals surface area contributed by atoms with Crippen LogP contribution in [-0.2, 0) is 0 Å². The number of carbonyl (C=O) groups is 1. The van der Waals surface area contributed by atoms with Crippen molar-refractivity contribution in [2.75, 3.05) is 27.2 Å². The third-order valence-corrected chi connectivity index (χ3v) is 1.06. The predicted molar refractivity (Wildman–Crippen MR) is 46.4 cm³/mol. The molecule has 0 heterocycles. The summed E-state index contributed by atoms with van der Waals surface area (Å²) in [7, 11) is 3.92. The van der Waals surface area contributed by atoms with Crippen LogP contribution >= 0.6 is 12.4 Å². The largest absolute Gasteiger partial charge is 0.465 e. The average molecular weight is 183 g/mol. The minimum Gasteiger partial charge on any atom is -0.465 e. The van der Waals surface area contributed by atoms with Gasteiger partial charge in [0.05, 0.1) is 0 Å². The number of hydrogen-bond donors (Lipinski definition) is 2. The highest BCUT2D eigenvalue weighted by Gasteiger charge is 1.93. The number of nitrogens with zero attached hydrogens (tertiary/aromatic N) is 1. The quantitative estimate of drug-likeness (QED) is 0.627. The van der Waals surface area contributed by atoms with Crippen LogP contribution in [0.15, 0.2) is 0 Å². The summed E-state index contributed by atoms with van der Waals surface area (Å²) in [5.41, 5.74) is 0. The fourth-order valence-electron chi connectivity index (χ4n) is 0.591. The third-order valence-electron chi connectivity index (χ3n) is 1.06. The number of nitrogens with one attached hydrogen (secondary N) is 1. The molecule has 0 aromatic carbocycles. The van der Waals surface area contributed by atoms with Gasteiger partial charge in [-0.1, -0.05) is 0 Å². The van der Waals surface area contributed by atoms with Crippen LogP contribution in [0.2, 0.25) is 0 Å². The molecule has 0 spiro atoms. The average Bonchev–Trinajstić information content (AvgIpc) is 1.79. The number of amides is 1. The second kappa shape index (κ2) is 7.63. The highest BCUT2D eigenvalue weighted by Crippen LogP contribution is 1.79. The van der Waals surface area contributed by atoms with Gasteiger partial charge >= 0.3 is 6.09 Å². The van der Waals surface area contributed by atoms with Crippen LogP contribution in [0.25, 0.3) is 0 Å². The molecular weight excluding hydrogens is 168 g/mol. The highest BCUT2D eigenvalue weighted by molar-refractivity contribution is 5.85. The first-order valence-electron chi connectivity index (χ1n) is 3.24. The van der Waals surface area contributed by atoms with Gasteiger partial charge in [0.1, 0.15) is 0 Å². The summed E-state index contributed by atoms with van der Waals surface area (Å²) >= 11 is 0. The maximum Gasteiger partial charge on any atom is 0.404 e. The minimum atomic E-state index is -0.946. The Bertz CT molecular complexity index is 109. The van der Waals surface area contributed by atoms with Crippen LogP contribution in [0.1, 0.15) is 6.42 Å². The van der Waals surface area contributed by atoms with Gasteiger partial charge in [-0.25, -0.2) is 4.79 Å². The lowest BCUT2D eigenvalue weighted by molar-refractivity contribution is 0.194. The van der Waals surface area contributed by atoms with E-state index in [4.69, 9.17) is 5.11 Å². The van der Waals surface area contributed by atoms with Crippen molar-refractivity contribution in [2.24, 2.45) is 0 Å². The van der Waals surface area contributed by atoms with Crippen LogP contribution < -0.4 is 5.32 Å². The van der Waals surface area contributed by atoms with Gasteiger partial charge in [-0.2, -0.15) is 0 Å². The smallest absolute Gasteiger partial charge is 0.404 e. The first-order chi connectivity index (χ1) is 4.63. The van der Waals surface area contributed by atoms with E-state index in [-0.39, 0.29) is 12.4 Å². The fourth-order valence-corrected chi connectivity index (χ4v) is 0.591. The van der Waals surface area contributed by atoms with Crippen molar-refractivity contribution in [2.45, 2.75) is 6.42 Å². The first-order valence-corrected chi connectivity index (χ1v) is 3.24. The van der Waals surface area contributed by atoms with Crippen molar-refractivity contribution < 1.29 is 9.90 Å². The Morgan fingerprint density at radius 3 is 2.45 bits per heavy atom. The maximum absolute atomic E-state index is 9.92. The Balaban J connectivity index is 0. The van der Waals surface area contributed by atoms with Crippen LogP contribution in [-0.4, -0.2) is 43.3 Å². The number of rotatable bonds is 4. The van der Waals surface area contributed by atoms with Crippen molar-refractivity contribution in [1.29, 1.82) is 0 Å². The molecule has 0 atom stereocenters. The van der Waals surface area contributed by atoms with E-state index < -0.39 is 6.09 Å². The van der Waals surface area contributed by atoms with E-state index in [0.29, 0.717) is 6.54 Å². The van der Waals surface area contributed by atoms with E-state index in [0.717, 1.165) is 13.0 Å². The Morgan fingerprint density at radius 2 is 2.09 bits per heavy atom. The summed E-state index contributed by atoms with van der Waals surface area (Å²) < 4.78 is 0. The molecule has 0 saturated heterocycles. The molecule has 2 N–H and O–H groups in total. The summed E-state index contributed by atoms with van der Waals surface area (Å²) in [5, 5.41) is 10.4. The standard InChI is InChI=1S/C6H14N2O2.ClH/c1-8(2)5-3-4-7-6(9)10;/h7H,3-5H2,1-2H3,(H,9,10);1H. The zero-order valence-electron chi connectivity index (χ0n) is 6.83. The normalized spacial score (nSPS) is 9.00. The zero-order chi connectivity index (χ0) is 7.98. The van der Waals surface area contributed by atoms with E-state index >= 15 is 0 Å². The van der Waals surface area contributed by atoms with E-state index in [2.05, 4.69) is 5.32 Å². The molecule has 0 bridgehead atoms. The fraction of sp³-hybridized carbons (Fsp3) is 0.833. The molecule has 11 heavy (non-hydrogen) atoms. The molecule has 0 rings (SSSR count). The van der Waals surface area contributed by atoms with Crippen LogP contribution in [0.5, 0.6) is 0 Å². The number of hydrogen-bond acceptors (Lipinski definition) is 2. The lowest BCUT2D eigenvalue weighted by atomic mass is 10.4. The number of carboxylic acid groups (broad SMARTS) is 1. The van der Waals surface area contributed by atoms with Crippen LogP contribution in [0.4, 0.5) is 4.79 Å². The van der Waals surface area contributed by atoms with E-state index in [1.807, 2.05) is 19.0 Å². The molecule has 0 aliphatic carbocycles. The Morgan fingerprint density at radius 1 is 1.55 bits per heavy atom. The van der Waals surface area contributed by atoms with Crippen LogP contribution in [0, 0.1) is 0 Å². The molecule has 1 amide bonds. The molecule has 0 fully saturated rings. The first kappa shape index (κ1) is 13.1.